The van der Waals surface area contributed by atoms with Gasteiger partial charge in [0.25, 0.3) is 6.01 Å². The second kappa shape index (κ2) is 4.64. The van der Waals surface area contributed by atoms with Gasteiger partial charge in [-0.15, -0.1) is 0 Å². The second-order valence-corrected chi connectivity index (χ2v) is 4.76. The number of hydrogen-bond donors (Lipinski definition) is 2. The highest BCUT2D eigenvalue weighted by Crippen LogP contribution is 2.32. The highest BCUT2D eigenvalue weighted by molar-refractivity contribution is 6.43. The van der Waals surface area contributed by atoms with E-state index in [9.17, 15) is 0 Å². The summed E-state index contributed by atoms with van der Waals surface area (Å²) in [5.74, 6) is 0. The molecule has 3 N–H and O–H groups in total. The van der Waals surface area contributed by atoms with Crippen LogP contribution in [-0.4, -0.2) is 4.98 Å². The summed E-state index contributed by atoms with van der Waals surface area (Å²) in [6, 6.07) is 10.9. The minimum Gasteiger partial charge on any atom is -0.423 e. The maximum absolute atomic E-state index is 6.08. The molecule has 2 aromatic carbocycles. The van der Waals surface area contributed by atoms with E-state index < -0.39 is 0 Å². The van der Waals surface area contributed by atoms with Crippen LogP contribution in [-0.2, 0) is 0 Å². The third-order valence-electron chi connectivity index (χ3n) is 2.60. The Balaban J connectivity index is 1.99. The van der Waals surface area contributed by atoms with E-state index in [1.807, 2.05) is 0 Å². The molecule has 19 heavy (non-hydrogen) atoms. The van der Waals surface area contributed by atoms with Crippen LogP contribution in [0.5, 0.6) is 0 Å². The van der Waals surface area contributed by atoms with Crippen LogP contribution >= 0.6 is 23.2 Å². The third kappa shape index (κ3) is 2.32. The Hall–Kier alpha value is -1.91. The summed E-state index contributed by atoms with van der Waals surface area (Å²) in [4.78, 5) is 4.28. The van der Waals surface area contributed by atoms with Gasteiger partial charge in [0.1, 0.15) is 5.52 Å². The van der Waals surface area contributed by atoms with Crippen LogP contribution < -0.4 is 11.1 Å². The van der Waals surface area contributed by atoms with Crippen molar-refractivity contribution in [1.82, 2.24) is 4.98 Å². The summed E-state index contributed by atoms with van der Waals surface area (Å²) in [6.07, 6.45) is 0. The zero-order valence-electron chi connectivity index (χ0n) is 9.65. The van der Waals surface area contributed by atoms with E-state index in [1.165, 1.54) is 0 Å². The van der Waals surface area contributed by atoms with Gasteiger partial charge in [0.15, 0.2) is 5.58 Å². The van der Waals surface area contributed by atoms with E-state index in [1.54, 1.807) is 36.4 Å². The van der Waals surface area contributed by atoms with Gasteiger partial charge >= 0.3 is 0 Å². The first-order valence-electron chi connectivity index (χ1n) is 5.50. The molecule has 96 valence electrons. The fourth-order valence-corrected chi connectivity index (χ4v) is 2.06. The lowest BCUT2D eigenvalue weighted by molar-refractivity contribution is 0.623. The molecule has 0 unspecified atom stereocenters. The summed E-state index contributed by atoms with van der Waals surface area (Å²) in [5, 5.41) is 3.87. The second-order valence-electron chi connectivity index (χ2n) is 3.97. The van der Waals surface area contributed by atoms with Gasteiger partial charge in [0.2, 0.25) is 0 Å². The Kier molecular flexibility index (Phi) is 2.97. The number of nitrogens with two attached hydrogens (primary N) is 1. The lowest BCUT2D eigenvalue weighted by atomic mass is 10.3. The Morgan fingerprint density at radius 1 is 1.16 bits per heavy atom. The molecule has 6 heteroatoms. The number of nitrogens with one attached hydrogen (secondary N) is 1. The molecule has 0 saturated carbocycles. The van der Waals surface area contributed by atoms with Crippen molar-refractivity contribution in [3.05, 3.63) is 46.4 Å². The Morgan fingerprint density at radius 3 is 2.84 bits per heavy atom. The normalized spacial score (nSPS) is 10.8. The number of rotatable bonds is 2. The van der Waals surface area contributed by atoms with E-state index in [0.717, 1.165) is 0 Å². The molecule has 0 fully saturated rings. The fourth-order valence-electron chi connectivity index (χ4n) is 1.71. The number of aromatic nitrogens is 1. The summed E-state index contributed by atoms with van der Waals surface area (Å²) in [5.41, 5.74) is 8.28. The predicted molar refractivity (Wildman–Crippen MR) is 78.2 cm³/mol. The van der Waals surface area contributed by atoms with Gasteiger partial charge in [-0.25, -0.2) is 0 Å². The van der Waals surface area contributed by atoms with Crippen LogP contribution in [0.25, 0.3) is 11.1 Å². The van der Waals surface area contributed by atoms with Gasteiger partial charge < -0.3 is 15.5 Å². The molecule has 4 nitrogen and oxygen atoms in total. The number of halogens is 2. The molecule has 0 aliphatic carbocycles. The minimum absolute atomic E-state index is 0.338. The van der Waals surface area contributed by atoms with Crippen LogP contribution in [0.1, 0.15) is 0 Å². The third-order valence-corrected chi connectivity index (χ3v) is 3.42. The largest absolute Gasteiger partial charge is 0.423 e. The molecular formula is C13H9Cl2N3O. The first-order valence-corrected chi connectivity index (χ1v) is 6.26. The maximum atomic E-state index is 6.08. The molecule has 0 amide bonds. The number of oxazole rings is 1. The van der Waals surface area contributed by atoms with E-state index >= 15 is 0 Å². The SMILES string of the molecule is Nc1ccc2oc(Nc3cccc(Cl)c3Cl)nc2c1. The molecule has 3 rings (SSSR count). The Labute approximate surface area is 119 Å². The van der Waals surface area contributed by atoms with Crippen LogP contribution in [0.15, 0.2) is 40.8 Å². The number of nitrogen functional groups attached to an aromatic ring is 1. The molecule has 3 aromatic rings. The van der Waals surface area contributed by atoms with E-state index in [0.29, 0.717) is 38.5 Å². The van der Waals surface area contributed by atoms with Gasteiger partial charge in [0, 0.05) is 5.69 Å². The van der Waals surface area contributed by atoms with Crippen molar-refractivity contribution in [3.8, 4) is 0 Å². The van der Waals surface area contributed by atoms with Crippen molar-refractivity contribution >= 4 is 51.7 Å². The number of anilines is 3. The summed E-state index contributed by atoms with van der Waals surface area (Å²) >= 11 is 12.0. The average Bonchev–Trinajstić information content (AvgIpc) is 2.76. The van der Waals surface area contributed by atoms with Crippen LogP contribution in [0.4, 0.5) is 17.4 Å². The highest BCUT2D eigenvalue weighted by Gasteiger charge is 2.09. The number of hydrogen-bond acceptors (Lipinski definition) is 4. The van der Waals surface area contributed by atoms with Crippen molar-refractivity contribution in [3.63, 3.8) is 0 Å². The molecular weight excluding hydrogens is 285 g/mol. The van der Waals surface area contributed by atoms with Crippen LogP contribution in [0.3, 0.4) is 0 Å². The zero-order chi connectivity index (χ0) is 13.4. The van der Waals surface area contributed by atoms with Gasteiger partial charge in [-0.05, 0) is 30.3 Å². The molecule has 1 aromatic heterocycles. The van der Waals surface area contributed by atoms with Crippen molar-refractivity contribution in [2.45, 2.75) is 0 Å². The summed E-state index contributed by atoms with van der Waals surface area (Å²) < 4.78 is 5.54. The van der Waals surface area contributed by atoms with Crippen molar-refractivity contribution in [2.75, 3.05) is 11.1 Å². The smallest absolute Gasteiger partial charge is 0.300 e. The molecule has 0 spiro atoms. The van der Waals surface area contributed by atoms with Gasteiger partial charge in [-0.3, -0.25) is 0 Å². The average molecular weight is 294 g/mol. The van der Waals surface area contributed by atoms with Crippen molar-refractivity contribution in [1.29, 1.82) is 0 Å². The van der Waals surface area contributed by atoms with E-state index in [2.05, 4.69) is 10.3 Å². The molecule has 0 aliphatic rings. The molecule has 0 aliphatic heterocycles. The zero-order valence-corrected chi connectivity index (χ0v) is 11.2. The number of benzene rings is 2. The fraction of sp³-hybridized carbons (Fsp3) is 0. The monoisotopic (exact) mass is 293 g/mol. The Morgan fingerprint density at radius 2 is 2.00 bits per heavy atom. The standard InChI is InChI=1S/C13H9Cl2N3O/c14-8-2-1-3-9(12(8)15)17-13-18-10-6-7(16)4-5-11(10)19-13/h1-6H,16H2,(H,17,18). The van der Waals surface area contributed by atoms with Crippen LogP contribution in [0, 0.1) is 0 Å². The lowest BCUT2D eigenvalue weighted by Crippen LogP contribution is -1.91. The quantitative estimate of drug-likeness (QED) is 0.685. The van der Waals surface area contributed by atoms with Gasteiger partial charge in [0.05, 0.1) is 15.7 Å². The summed E-state index contributed by atoms with van der Waals surface area (Å²) in [7, 11) is 0. The predicted octanol–water partition coefficient (Wildman–Crippen LogP) is 4.46. The first-order chi connectivity index (χ1) is 9.13. The molecule has 0 bridgehead atoms. The lowest BCUT2D eigenvalue weighted by Gasteiger charge is -2.04. The summed E-state index contributed by atoms with van der Waals surface area (Å²) in [6.45, 7) is 0. The number of nitrogens with zero attached hydrogens (tertiary/aromatic N) is 1. The first kappa shape index (κ1) is 12.1. The van der Waals surface area contributed by atoms with E-state index in [4.69, 9.17) is 33.4 Å². The maximum Gasteiger partial charge on any atom is 0.300 e. The van der Waals surface area contributed by atoms with E-state index in [-0.39, 0.29) is 0 Å². The van der Waals surface area contributed by atoms with Gasteiger partial charge in [-0.2, -0.15) is 4.98 Å². The topological polar surface area (TPSA) is 64.1 Å². The minimum atomic E-state index is 0.338. The van der Waals surface area contributed by atoms with Gasteiger partial charge in [-0.1, -0.05) is 29.3 Å². The molecule has 0 radical (unpaired) electrons. The molecule has 0 atom stereocenters. The molecule has 0 saturated heterocycles. The highest BCUT2D eigenvalue weighted by atomic mass is 35.5. The number of fused-ring (bicyclic) bond motifs is 1. The van der Waals surface area contributed by atoms with Crippen molar-refractivity contribution in [2.24, 2.45) is 0 Å². The molecule has 1 heterocycles. The Bertz CT molecular complexity index is 755. The van der Waals surface area contributed by atoms with Crippen LogP contribution in [0.2, 0.25) is 10.0 Å². The van der Waals surface area contributed by atoms with Crippen molar-refractivity contribution < 1.29 is 4.42 Å².